The van der Waals surface area contributed by atoms with Gasteiger partial charge in [0.15, 0.2) is 0 Å². The number of halogens is 4. The topological polar surface area (TPSA) is 9.23 Å². The molecule has 0 aliphatic carbocycles. The third-order valence-corrected chi connectivity index (χ3v) is 4.62. The fourth-order valence-corrected chi connectivity index (χ4v) is 3.26. The monoisotopic (exact) mass is 420 g/mol. The Bertz CT molecular complexity index is 646. The molecule has 0 saturated heterocycles. The molecule has 1 unspecified atom stereocenters. The summed E-state index contributed by atoms with van der Waals surface area (Å²) in [5.74, 6) is 0.0648. The highest BCUT2D eigenvalue weighted by molar-refractivity contribution is 9.10. The van der Waals surface area contributed by atoms with Crippen molar-refractivity contribution in [3.63, 3.8) is 0 Å². The van der Waals surface area contributed by atoms with Crippen molar-refractivity contribution >= 4 is 43.5 Å². The first-order chi connectivity index (χ1) is 9.43. The summed E-state index contributed by atoms with van der Waals surface area (Å²) in [5, 5.41) is -0.407. The van der Waals surface area contributed by atoms with E-state index in [0.717, 1.165) is 21.2 Å². The Balaban J connectivity index is 2.52. The molecule has 0 aliphatic rings. The molecule has 0 fully saturated rings. The van der Waals surface area contributed by atoms with E-state index in [9.17, 15) is 4.39 Å². The second-order valence-corrected chi connectivity index (χ2v) is 6.58. The predicted molar refractivity (Wildman–Crippen MR) is 87.2 cm³/mol. The molecule has 106 valence electrons. The maximum absolute atomic E-state index is 13.6. The zero-order chi connectivity index (χ0) is 14.9. The van der Waals surface area contributed by atoms with Gasteiger partial charge in [-0.15, -0.1) is 11.6 Å². The van der Waals surface area contributed by atoms with Gasteiger partial charge in [0, 0.05) is 16.1 Å². The SMILES string of the molecule is COc1cc(F)c(Br)cc1C(Cl)c1ccc(Br)cc1C. The fourth-order valence-electron chi connectivity index (χ4n) is 2.01. The van der Waals surface area contributed by atoms with E-state index in [0.29, 0.717) is 10.2 Å². The number of methoxy groups -OCH3 is 1. The van der Waals surface area contributed by atoms with Crippen LogP contribution in [0, 0.1) is 12.7 Å². The lowest BCUT2D eigenvalue weighted by molar-refractivity contribution is 0.406. The standard InChI is InChI=1S/C15H12Br2ClFO/c1-8-5-9(16)3-4-10(8)15(18)11-6-12(17)13(19)7-14(11)20-2/h3-7,15H,1-2H3. The smallest absolute Gasteiger partial charge is 0.141 e. The molecule has 0 saturated carbocycles. The van der Waals surface area contributed by atoms with Crippen molar-refractivity contribution in [1.82, 2.24) is 0 Å². The van der Waals surface area contributed by atoms with Crippen molar-refractivity contribution in [3.05, 3.63) is 61.8 Å². The largest absolute Gasteiger partial charge is 0.496 e. The first kappa shape index (κ1) is 15.8. The molecular weight excluding hydrogens is 410 g/mol. The maximum atomic E-state index is 13.6. The highest BCUT2D eigenvalue weighted by Crippen LogP contribution is 2.39. The second kappa shape index (κ2) is 6.46. The number of ether oxygens (including phenoxy) is 1. The van der Waals surface area contributed by atoms with Crippen LogP contribution in [0.4, 0.5) is 4.39 Å². The van der Waals surface area contributed by atoms with Crippen LogP contribution in [-0.4, -0.2) is 7.11 Å². The minimum Gasteiger partial charge on any atom is -0.496 e. The molecule has 0 aromatic heterocycles. The van der Waals surface area contributed by atoms with E-state index in [-0.39, 0.29) is 5.82 Å². The van der Waals surface area contributed by atoms with Gasteiger partial charge < -0.3 is 4.74 Å². The summed E-state index contributed by atoms with van der Waals surface area (Å²) in [6, 6.07) is 8.88. The Hall–Kier alpha value is -0.580. The van der Waals surface area contributed by atoms with Crippen LogP contribution < -0.4 is 4.74 Å². The first-order valence-electron chi connectivity index (χ1n) is 5.87. The van der Waals surface area contributed by atoms with E-state index in [4.69, 9.17) is 16.3 Å². The molecule has 2 aromatic rings. The van der Waals surface area contributed by atoms with E-state index < -0.39 is 5.38 Å². The molecule has 0 spiro atoms. The van der Waals surface area contributed by atoms with Crippen LogP contribution in [0.1, 0.15) is 22.1 Å². The van der Waals surface area contributed by atoms with E-state index in [1.54, 1.807) is 6.07 Å². The number of rotatable bonds is 3. The molecule has 0 amide bonds. The lowest BCUT2D eigenvalue weighted by Crippen LogP contribution is -2.01. The van der Waals surface area contributed by atoms with Crippen molar-refractivity contribution in [3.8, 4) is 5.75 Å². The zero-order valence-corrected chi connectivity index (χ0v) is 14.8. The number of aryl methyl sites for hydroxylation is 1. The maximum Gasteiger partial charge on any atom is 0.141 e. The average molecular weight is 423 g/mol. The molecule has 20 heavy (non-hydrogen) atoms. The zero-order valence-electron chi connectivity index (χ0n) is 10.9. The van der Waals surface area contributed by atoms with Crippen molar-refractivity contribution < 1.29 is 9.13 Å². The fraction of sp³-hybridized carbons (Fsp3) is 0.200. The van der Waals surface area contributed by atoms with Gasteiger partial charge in [0.05, 0.1) is 17.0 Å². The summed E-state index contributed by atoms with van der Waals surface area (Å²) < 4.78 is 20.2. The van der Waals surface area contributed by atoms with E-state index >= 15 is 0 Å². The molecule has 0 radical (unpaired) electrons. The third kappa shape index (κ3) is 3.18. The Kier molecular flexibility index (Phi) is 5.10. The second-order valence-electron chi connectivity index (χ2n) is 4.37. The number of hydrogen-bond donors (Lipinski definition) is 0. The predicted octanol–water partition coefficient (Wildman–Crippen LogP) is 6.00. The summed E-state index contributed by atoms with van der Waals surface area (Å²) >= 11 is 13.2. The van der Waals surface area contributed by atoms with Gasteiger partial charge in [0.1, 0.15) is 11.6 Å². The van der Waals surface area contributed by atoms with Crippen molar-refractivity contribution in [2.75, 3.05) is 7.11 Å². The van der Waals surface area contributed by atoms with Gasteiger partial charge in [0.2, 0.25) is 0 Å². The van der Waals surface area contributed by atoms with Gasteiger partial charge in [-0.2, -0.15) is 0 Å². The number of benzene rings is 2. The minimum atomic E-state index is -0.407. The molecule has 0 bridgehead atoms. The van der Waals surface area contributed by atoms with Gasteiger partial charge in [-0.25, -0.2) is 4.39 Å². The third-order valence-electron chi connectivity index (χ3n) is 3.05. The quantitative estimate of drug-likeness (QED) is 0.552. The van der Waals surface area contributed by atoms with Crippen LogP contribution in [0.2, 0.25) is 0 Å². The average Bonchev–Trinajstić information content (AvgIpc) is 2.40. The number of hydrogen-bond acceptors (Lipinski definition) is 1. The summed E-state index contributed by atoms with van der Waals surface area (Å²) in [5.41, 5.74) is 2.75. The first-order valence-corrected chi connectivity index (χ1v) is 7.89. The summed E-state index contributed by atoms with van der Waals surface area (Å²) in [6.45, 7) is 1.99. The van der Waals surface area contributed by atoms with Crippen LogP contribution in [-0.2, 0) is 0 Å². The molecular formula is C15H12Br2ClFO. The van der Waals surface area contributed by atoms with Crippen LogP contribution in [0.3, 0.4) is 0 Å². The van der Waals surface area contributed by atoms with Crippen LogP contribution in [0.15, 0.2) is 39.3 Å². The van der Waals surface area contributed by atoms with Gasteiger partial charge in [-0.1, -0.05) is 22.0 Å². The normalized spacial score (nSPS) is 12.3. The summed E-state index contributed by atoms with van der Waals surface area (Å²) in [7, 11) is 1.50. The molecule has 0 N–H and O–H groups in total. The molecule has 1 atom stereocenters. The minimum absolute atomic E-state index is 0.369. The van der Waals surface area contributed by atoms with Crippen LogP contribution in [0.25, 0.3) is 0 Å². The summed E-state index contributed by atoms with van der Waals surface area (Å²) in [4.78, 5) is 0. The van der Waals surface area contributed by atoms with Gasteiger partial charge >= 0.3 is 0 Å². The van der Waals surface area contributed by atoms with Crippen LogP contribution in [0.5, 0.6) is 5.75 Å². The van der Waals surface area contributed by atoms with Gasteiger partial charge in [-0.3, -0.25) is 0 Å². The Labute approximate surface area is 139 Å². The van der Waals surface area contributed by atoms with Gasteiger partial charge in [-0.05, 0) is 52.2 Å². The van der Waals surface area contributed by atoms with Gasteiger partial charge in [0.25, 0.3) is 0 Å². The van der Waals surface area contributed by atoms with E-state index in [1.165, 1.54) is 13.2 Å². The molecule has 0 aliphatic heterocycles. The van der Waals surface area contributed by atoms with E-state index in [1.807, 2.05) is 25.1 Å². The van der Waals surface area contributed by atoms with Crippen molar-refractivity contribution in [2.45, 2.75) is 12.3 Å². The molecule has 0 heterocycles. The summed E-state index contributed by atoms with van der Waals surface area (Å²) in [6.07, 6.45) is 0. The Morgan fingerprint density at radius 3 is 2.45 bits per heavy atom. The highest BCUT2D eigenvalue weighted by atomic mass is 79.9. The molecule has 2 aromatic carbocycles. The highest BCUT2D eigenvalue weighted by Gasteiger charge is 2.19. The molecule has 2 rings (SSSR count). The Morgan fingerprint density at radius 1 is 1.15 bits per heavy atom. The van der Waals surface area contributed by atoms with Crippen molar-refractivity contribution in [2.24, 2.45) is 0 Å². The Morgan fingerprint density at radius 2 is 1.85 bits per heavy atom. The lowest BCUT2D eigenvalue weighted by atomic mass is 9.99. The van der Waals surface area contributed by atoms with Crippen molar-refractivity contribution in [1.29, 1.82) is 0 Å². The lowest BCUT2D eigenvalue weighted by Gasteiger charge is -2.17. The molecule has 5 heteroatoms. The number of alkyl halides is 1. The molecule has 1 nitrogen and oxygen atoms in total. The van der Waals surface area contributed by atoms with Crippen LogP contribution >= 0.6 is 43.5 Å². The van der Waals surface area contributed by atoms with E-state index in [2.05, 4.69) is 31.9 Å².